The zero-order valence-electron chi connectivity index (χ0n) is 11.7. The molecule has 1 aromatic carbocycles. The zero-order chi connectivity index (χ0) is 16.8. The van der Waals surface area contributed by atoms with Crippen LogP contribution in [-0.4, -0.2) is 0 Å². The molecule has 0 aliphatic rings. The van der Waals surface area contributed by atoms with E-state index in [9.17, 15) is 0 Å². The fourth-order valence-corrected chi connectivity index (χ4v) is 2.06. The summed E-state index contributed by atoms with van der Waals surface area (Å²) in [6.07, 6.45) is 1.37. The molecule has 110 valence electrons. The fourth-order valence-electron chi connectivity index (χ4n) is 1.83. The molecule has 0 spiro atoms. The lowest BCUT2D eigenvalue weighted by Crippen LogP contribution is -2.03. The largest absolute Gasteiger partial charge is 0.457 e. The quantitative estimate of drug-likeness (QED) is 0.683. The number of nitriles is 3. The maximum atomic E-state index is 9.15. The van der Waals surface area contributed by atoms with Crippen LogP contribution >= 0.6 is 11.6 Å². The molecule has 5 nitrogen and oxygen atoms in total. The van der Waals surface area contributed by atoms with Crippen LogP contribution in [-0.2, 0) is 0 Å². The van der Waals surface area contributed by atoms with E-state index in [1.165, 1.54) is 6.08 Å². The summed E-state index contributed by atoms with van der Waals surface area (Å²) < 4.78 is 5.62. The maximum Gasteiger partial charge on any atom is 0.153 e. The zero-order valence-corrected chi connectivity index (χ0v) is 12.5. The number of nitrogens with two attached hydrogens (primary N) is 1. The first-order valence-electron chi connectivity index (χ1n) is 6.37. The molecule has 23 heavy (non-hydrogen) atoms. The minimum atomic E-state index is -0.323. The second-order valence-corrected chi connectivity index (χ2v) is 4.77. The van der Waals surface area contributed by atoms with Gasteiger partial charge in [0.05, 0.1) is 16.3 Å². The van der Waals surface area contributed by atoms with Crippen LogP contribution in [0.1, 0.15) is 5.76 Å². The molecule has 0 atom stereocenters. The van der Waals surface area contributed by atoms with Gasteiger partial charge in [0.2, 0.25) is 0 Å². The van der Waals surface area contributed by atoms with Crippen LogP contribution < -0.4 is 5.73 Å². The number of benzene rings is 1. The van der Waals surface area contributed by atoms with E-state index in [2.05, 4.69) is 0 Å². The van der Waals surface area contributed by atoms with Crippen LogP contribution in [0.25, 0.3) is 17.4 Å². The number of hydrogen-bond donors (Lipinski definition) is 1. The van der Waals surface area contributed by atoms with Gasteiger partial charge in [0.15, 0.2) is 5.57 Å². The maximum absolute atomic E-state index is 9.15. The van der Waals surface area contributed by atoms with E-state index >= 15 is 0 Å². The first-order valence-corrected chi connectivity index (χ1v) is 6.75. The average molecular weight is 321 g/mol. The average Bonchev–Trinajstić information content (AvgIpc) is 3.02. The van der Waals surface area contributed by atoms with E-state index in [4.69, 9.17) is 37.5 Å². The topological polar surface area (TPSA) is 111 Å². The van der Waals surface area contributed by atoms with E-state index in [1.54, 1.807) is 42.5 Å². The molecule has 0 amide bonds. The molecule has 0 saturated carbocycles. The number of halogens is 1. The third-order valence-electron chi connectivity index (χ3n) is 2.96. The van der Waals surface area contributed by atoms with E-state index in [-0.39, 0.29) is 16.8 Å². The highest BCUT2D eigenvalue weighted by molar-refractivity contribution is 6.33. The van der Waals surface area contributed by atoms with Gasteiger partial charge in [-0.25, -0.2) is 0 Å². The number of rotatable bonds is 3. The third-order valence-corrected chi connectivity index (χ3v) is 3.29. The Morgan fingerprint density at radius 3 is 2.35 bits per heavy atom. The fraction of sp³-hybridized carbons (Fsp3) is 0. The van der Waals surface area contributed by atoms with Gasteiger partial charge in [-0.2, -0.15) is 15.8 Å². The Morgan fingerprint density at radius 2 is 1.74 bits per heavy atom. The van der Waals surface area contributed by atoms with Gasteiger partial charge in [0.25, 0.3) is 0 Å². The van der Waals surface area contributed by atoms with Crippen molar-refractivity contribution in [3.05, 3.63) is 64.0 Å². The van der Waals surface area contributed by atoms with Crippen molar-refractivity contribution in [1.82, 2.24) is 0 Å². The Hall–Kier alpha value is -3.46. The Morgan fingerprint density at radius 1 is 1.04 bits per heavy atom. The van der Waals surface area contributed by atoms with Crippen molar-refractivity contribution < 1.29 is 4.42 Å². The lowest BCUT2D eigenvalue weighted by Gasteiger charge is -2.00. The van der Waals surface area contributed by atoms with Gasteiger partial charge in [-0.05, 0) is 24.3 Å². The summed E-state index contributed by atoms with van der Waals surface area (Å²) >= 11 is 6.10. The SMILES string of the molecule is N#CC(C#N)=C(N)/C(C#N)=C/c1ccc(-c2ccccc2Cl)o1. The molecule has 1 aromatic heterocycles. The summed E-state index contributed by atoms with van der Waals surface area (Å²) in [4.78, 5) is 0. The van der Waals surface area contributed by atoms with Crippen LogP contribution in [0.5, 0.6) is 0 Å². The minimum Gasteiger partial charge on any atom is -0.457 e. The predicted octanol–water partition coefficient (Wildman–Crippen LogP) is 3.77. The lowest BCUT2D eigenvalue weighted by atomic mass is 10.1. The smallest absolute Gasteiger partial charge is 0.153 e. The summed E-state index contributed by atoms with van der Waals surface area (Å²) in [5, 5.41) is 27.3. The highest BCUT2D eigenvalue weighted by atomic mass is 35.5. The standard InChI is InChI=1S/C17H9ClN4O/c18-15-4-2-1-3-14(15)16-6-5-13(23-16)7-11(8-19)17(22)12(9-20)10-21/h1-7H,22H2/b11-7+. The monoisotopic (exact) mass is 320 g/mol. The van der Waals surface area contributed by atoms with Crippen molar-refractivity contribution in [2.24, 2.45) is 5.73 Å². The van der Waals surface area contributed by atoms with Crippen LogP contribution in [0.4, 0.5) is 0 Å². The van der Waals surface area contributed by atoms with Gasteiger partial charge in [-0.3, -0.25) is 0 Å². The normalized spacial score (nSPS) is 10.3. The summed E-state index contributed by atoms with van der Waals surface area (Å²) in [6.45, 7) is 0. The second kappa shape index (κ2) is 7.00. The molecule has 0 saturated heterocycles. The van der Waals surface area contributed by atoms with E-state index in [0.29, 0.717) is 22.1 Å². The molecule has 2 aromatic rings. The van der Waals surface area contributed by atoms with Crippen LogP contribution in [0.2, 0.25) is 5.02 Å². The molecule has 0 fully saturated rings. The van der Waals surface area contributed by atoms with Gasteiger partial charge in [0.1, 0.15) is 29.7 Å². The molecule has 2 N–H and O–H groups in total. The summed E-state index contributed by atoms with van der Waals surface area (Å²) in [7, 11) is 0. The van der Waals surface area contributed by atoms with E-state index in [0.717, 1.165) is 0 Å². The highest BCUT2D eigenvalue weighted by Crippen LogP contribution is 2.29. The Balaban J connectivity index is 2.44. The number of hydrogen-bond acceptors (Lipinski definition) is 5. The first kappa shape index (κ1) is 15.9. The van der Waals surface area contributed by atoms with Crippen molar-refractivity contribution in [2.45, 2.75) is 0 Å². The Bertz CT molecular complexity index is 916. The highest BCUT2D eigenvalue weighted by Gasteiger charge is 2.11. The van der Waals surface area contributed by atoms with Crippen LogP contribution in [0.3, 0.4) is 0 Å². The van der Waals surface area contributed by atoms with Crippen molar-refractivity contribution in [3.63, 3.8) is 0 Å². The molecule has 0 unspecified atom stereocenters. The van der Waals surface area contributed by atoms with Crippen molar-refractivity contribution >= 4 is 17.7 Å². The molecule has 0 aliphatic carbocycles. The third kappa shape index (κ3) is 3.41. The molecule has 2 rings (SSSR count). The molecule has 1 heterocycles. The van der Waals surface area contributed by atoms with Gasteiger partial charge in [-0.15, -0.1) is 0 Å². The number of nitrogens with zero attached hydrogens (tertiary/aromatic N) is 3. The van der Waals surface area contributed by atoms with E-state index in [1.807, 2.05) is 12.1 Å². The second-order valence-electron chi connectivity index (χ2n) is 4.36. The molecule has 0 radical (unpaired) electrons. The Kier molecular flexibility index (Phi) is 4.85. The minimum absolute atomic E-state index is 0.0249. The molecular weight excluding hydrogens is 312 g/mol. The number of furan rings is 1. The molecule has 0 bridgehead atoms. The molecule has 0 aliphatic heterocycles. The van der Waals surface area contributed by atoms with Gasteiger partial charge in [-0.1, -0.05) is 23.7 Å². The number of allylic oxidation sites excluding steroid dienone is 2. The van der Waals surface area contributed by atoms with Crippen molar-refractivity contribution in [1.29, 1.82) is 15.8 Å². The lowest BCUT2D eigenvalue weighted by molar-refractivity contribution is 0.571. The van der Waals surface area contributed by atoms with Gasteiger partial charge < -0.3 is 10.2 Å². The Labute approximate surface area is 137 Å². The van der Waals surface area contributed by atoms with Gasteiger partial charge in [0, 0.05) is 11.6 Å². The summed E-state index contributed by atoms with van der Waals surface area (Å²) in [5.74, 6) is 0.886. The van der Waals surface area contributed by atoms with Crippen LogP contribution in [0.15, 0.2) is 57.7 Å². The predicted molar refractivity (Wildman–Crippen MR) is 85.2 cm³/mol. The molecular formula is C17H9ClN4O. The first-order chi connectivity index (χ1) is 11.1. The van der Waals surface area contributed by atoms with E-state index < -0.39 is 0 Å². The molecule has 6 heteroatoms. The van der Waals surface area contributed by atoms with Gasteiger partial charge >= 0.3 is 0 Å². The van der Waals surface area contributed by atoms with Crippen molar-refractivity contribution in [2.75, 3.05) is 0 Å². The summed E-state index contributed by atoms with van der Waals surface area (Å²) in [6, 6.07) is 15.7. The van der Waals surface area contributed by atoms with Crippen LogP contribution in [0, 0.1) is 34.0 Å². The van der Waals surface area contributed by atoms with Crippen molar-refractivity contribution in [3.8, 4) is 29.5 Å². The summed E-state index contributed by atoms with van der Waals surface area (Å²) in [5.41, 5.74) is 5.84.